The standard InChI is InChI=1S/C32H50N4O2/c1-3-5-7-9-11-15-31(37)33-21-13-23-35-25-17-29(18-26-35)30-19-27-36(28-20-30)24-14-22-34-32(38)16-12-10-8-6-4-2/h17-20,25-28H,3-16,21-24H2,1-2H3/p+2. The minimum atomic E-state index is 0.0593. The van der Waals surface area contributed by atoms with E-state index in [4.69, 9.17) is 0 Å². The Morgan fingerprint density at radius 3 is 1.76 bits per heavy atom. The second-order valence-corrected chi connectivity index (χ2v) is 10.3. The molecular formula is C32H52N4O2+2. The number of aromatic nitrogens is 2. The Morgan fingerprint density at radius 2 is 1.21 bits per heavy atom. The Balaban J connectivity index is 1.65. The highest BCUT2D eigenvalue weighted by Gasteiger charge is 2.07. The highest BCUT2D eigenvalue weighted by Crippen LogP contribution is 2.15. The van der Waals surface area contributed by atoms with Crippen molar-refractivity contribution >= 4 is 11.8 Å². The van der Waals surface area contributed by atoms with Gasteiger partial charge in [0.25, 0.3) is 0 Å². The summed E-state index contributed by atoms with van der Waals surface area (Å²) < 4.78 is 4.34. The molecule has 6 heteroatoms. The number of aliphatic hydroxyl groups excluding tert-OH is 1. The van der Waals surface area contributed by atoms with Crippen LogP contribution in [0.2, 0.25) is 0 Å². The van der Waals surface area contributed by atoms with Gasteiger partial charge in [0.05, 0.1) is 12.8 Å². The number of pyridine rings is 2. The summed E-state index contributed by atoms with van der Waals surface area (Å²) in [5, 5.41) is 21.9. The highest BCUT2D eigenvalue weighted by atomic mass is 16.3. The summed E-state index contributed by atoms with van der Waals surface area (Å²) in [6.45, 7) is 7.59. The van der Waals surface area contributed by atoms with Gasteiger partial charge in [0, 0.05) is 37.2 Å². The molecular weight excluding hydrogens is 472 g/mol. The van der Waals surface area contributed by atoms with Gasteiger partial charge in [-0.2, -0.15) is 0 Å². The summed E-state index contributed by atoms with van der Waals surface area (Å²) in [7, 11) is 0. The molecule has 0 amide bonds. The van der Waals surface area contributed by atoms with Crippen LogP contribution < -0.4 is 19.2 Å². The van der Waals surface area contributed by atoms with E-state index in [0.717, 1.165) is 58.2 Å². The molecule has 0 fully saturated rings. The molecule has 2 heterocycles. The predicted octanol–water partition coefficient (Wildman–Crippen LogP) is 4.23. The molecule has 2 aromatic heterocycles. The molecule has 0 atom stereocenters. The van der Waals surface area contributed by atoms with Crippen molar-refractivity contribution in [1.29, 1.82) is 0 Å². The minimum Gasteiger partial charge on any atom is -0.862 e. The van der Waals surface area contributed by atoms with Crippen LogP contribution in [0.25, 0.3) is 11.1 Å². The molecule has 0 saturated carbocycles. The third-order valence-electron chi connectivity index (χ3n) is 6.91. The zero-order valence-corrected chi connectivity index (χ0v) is 24.0. The fraction of sp³-hybridized carbons (Fsp3) is 0.625. The monoisotopic (exact) mass is 524 g/mol. The molecule has 38 heavy (non-hydrogen) atoms. The van der Waals surface area contributed by atoms with E-state index in [1.54, 1.807) is 0 Å². The summed E-state index contributed by atoms with van der Waals surface area (Å²) in [4.78, 5) is 7.37. The molecule has 2 N–H and O–H groups in total. The predicted molar refractivity (Wildman–Crippen MR) is 154 cm³/mol. The van der Waals surface area contributed by atoms with Crippen molar-refractivity contribution in [3.63, 3.8) is 0 Å². The fourth-order valence-electron chi connectivity index (χ4n) is 4.49. The number of nitrogens with zero attached hydrogens (tertiary/aromatic N) is 3. The Bertz CT molecular complexity index is 846. The minimum absolute atomic E-state index is 0.0593. The molecule has 2 rings (SSSR count). The third kappa shape index (κ3) is 14.3. The molecule has 0 spiro atoms. The summed E-state index contributed by atoms with van der Waals surface area (Å²) in [5.74, 6) is 0.489. The molecule has 0 aliphatic carbocycles. The zero-order valence-electron chi connectivity index (χ0n) is 24.0. The van der Waals surface area contributed by atoms with Crippen molar-refractivity contribution in [1.82, 2.24) is 0 Å². The van der Waals surface area contributed by atoms with Gasteiger partial charge in [0.2, 0.25) is 0 Å². The normalized spacial score (nSPS) is 12.3. The van der Waals surface area contributed by atoms with E-state index >= 15 is 0 Å². The Hall–Kier alpha value is -2.76. The Kier molecular flexibility index (Phi) is 16.8. The van der Waals surface area contributed by atoms with Crippen LogP contribution in [-0.4, -0.2) is 30.0 Å². The maximum atomic E-state index is 11.9. The second kappa shape index (κ2) is 20.2. The number of hydrogen-bond acceptors (Lipinski definition) is 2. The first-order valence-electron chi connectivity index (χ1n) is 15.1. The lowest BCUT2D eigenvalue weighted by molar-refractivity contribution is -0.700. The van der Waals surface area contributed by atoms with E-state index in [2.05, 4.69) is 82.0 Å². The lowest BCUT2D eigenvalue weighted by Gasteiger charge is -2.09. The van der Waals surface area contributed by atoms with E-state index in [9.17, 15) is 10.2 Å². The van der Waals surface area contributed by atoms with Crippen LogP contribution in [0, 0.1) is 0 Å². The van der Waals surface area contributed by atoms with E-state index in [-0.39, 0.29) is 5.90 Å². The summed E-state index contributed by atoms with van der Waals surface area (Å²) >= 11 is 0. The van der Waals surface area contributed by atoms with Gasteiger partial charge in [-0.1, -0.05) is 65.2 Å². The molecule has 0 aliphatic heterocycles. The lowest BCUT2D eigenvalue weighted by atomic mass is 10.1. The topological polar surface area (TPSA) is 77.4 Å². The zero-order chi connectivity index (χ0) is 27.3. The van der Waals surface area contributed by atoms with Crippen molar-refractivity contribution in [2.45, 2.75) is 117 Å². The average Bonchev–Trinajstić information content (AvgIpc) is 2.94. The first-order valence-corrected chi connectivity index (χ1v) is 15.1. The van der Waals surface area contributed by atoms with Gasteiger partial charge in [-0.15, -0.1) is 0 Å². The van der Waals surface area contributed by atoms with Crippen LogP contribution in [0.1, 0.15) is 104 Å². The number of rotatable bonds is 21. The first kappa shape index (κ1) is 31.5. The van der Waals surface area contributed by atoms with Gasteiger partial charge in [0.1, 0.15) is 13.1 Å². The van der Waals surface area contributed by atoms with E-state index in [0.29, 0.717) is 18.9 Å². The summed E-state index contributed by atoms with van der Waals surface area (Å²) in [6.07, 6.45) is 23.5. The van der Waals surface area contributed by atoms with E-state index in [1.807, 2.05) is 0 Å². The number of unbranched alkanes of at least 4 members (excludes halogenated alkanes) is 8. The van der Waals surface area contributed by atoms with Gasteiger partial charge in [0.15, 0.2) is 31.3 Å². The molecule has 0 unspecified atom stereocenters. The van der Waals surface area contributed by atoms with Crippen molar-refractivity contribution in [3.05, 3.63) is 49.1 Å². The van der Waals surface area contributed by atoms with Crippen LogP contribution in [0.15, 0.2) is 54.0 Å². The highest BCUT2D eigenvalue weighted by molar-refractivity contribution is 5.71. The number of aliphatic hydroxyl groups is 1. The number of nitrogens with one attached hydrogen (secondary N) is 1. The second-order valence-electron chi connectivity index (χ2n) is 10.3. The number of aliphatic imine (C=N–C) groups is 1. The van der Waals surface area contributed by atoms with Gasteiger partial charge >= 0.3 is 5.90 Å². The number of hydrogen-bond donors (Lipinski definition) is 2. The summed E-state index contributed by atoms with van der Waals surface area (Å²) in [6, 6.07) is 8.59. The van der Waals surface area contributed by atoms with Gasteiger partial charge in [-0.25, -0.2) is 14.1 Å². The molecule has 6 nitrogen and oxygen atoms in total. The Morgan fingerprint density at radius 1 is 0.711 bits per heavy atom. The Labute approximate surface area is 231 Å². The third-order valence-corrected chi connectivity index (χ3v) is 6.91. The maximum Gasteiger partial charge on any atom is 0.332 e. The molecule has 2 aromatic rings. The average molecular weight is 525 g/mol. The van der Waals surface area contributed by atoms with Crippen LogP contribution in [0.4, 0.5) is 0 Å². The van der Waals surface area contributed by atoms with Crippen molar-refractivity contribution in [3.8, 4) is 11.1 Å². The fourth-order valence-corrected chi connectivity index (χ4v) is 4.49. The number of aryl methyl sites for hydroxylation is 2. The van der Waals surface area contributed by atoms with Crippen LogP contribution >= 0.6 is 0 Å². The smallest absolute Gasteiger partial charge is 0.332 e. The van der Waals surface area contributed by atoms with Crippen LogP contribution in [0.5, 0.6) is 0 Å². The molecule has 0 aromatic carbocycles. The molecule has 0 aliphatic rings. The van der Waals surface area contributed by atoms with Crippen molar-refractivity contribution in [2.24, 2.45) is 4.99 Å². The summed E-state index contributed by atoms with van der Waals surface area (Å²) in [5.41, 5.74) is 2.39. The van der Waals surface area contributed by atoms with E-state index < -0.39 is 0 Å². The van der Waals surface area contributed by atoms with Gasteiger partial charge in [-0.05, 0) is 36.3 Å². The lowest BCUT2D eigenvalue weighted by Crippen LogP contribution is -2.73. The SMILES string of the molecule is CCCCCCCC([O-])=NCCC[n+]1ccc(-c2cc[n+](CCC[NH+]=C(O)CCCCCCC)cc2)cc1. The van der Waals surface area contributed by atoms with Crippen LogP contribution in [0.3, 0.4) is 0 Å². The van der Waals surface area contributed by atoms with Crippen molar-refractivity contribution in [2.75, 3.05) is 13.1 Å². The van der Waals surface area contributed by atoms with Gasteiger partial charge in [-0.3, -0.25) is 0 Å². The maximum absolute atomic E-state index is 11.9. The van der Waals surface area contributed by atoms with Crippen LogP contribution in [-0.2, 0) is 13.1 Å². The molecule has 0 radical (unpaired) electrons. The molecule has 0 bridgehead atoms. The van der Waals surface area contributed by atoms with Gasteiger partial charge < -0.3 is 15.2 Å². The molecule has 0 saturated heterocycles. The first-order chi connectivity index (χ1) is 18.6. The molecule has 210 valence electrons. The largest absolute Gasteiger partial charge is 0.862 e. The van der Waals surface area contributed by atoms with Crippen molar-refractivity contribution < 1.29 is 24.3 Å². The van der Waals surface area contributed by atoms with E-state index in [1.165, 1.54) is 56.1 Å². The quantitative estimate of drug-likeness (QED) is 0.111.